The van der Waals surface area contributed by atoms with Crippen molar-refractivity contribution in [2.24, 2.45) is 0 Å². The van der Waals surface area contributed by atoms with E-state index in [1.54, 1.807) is 10.3 Å². The number of nitrogens with zero attached hydrogens (tertiary/aromatic N) is 2. The molecule has 1 aromatic heterocycles. The molecule has 0 saturated carbocycles. The lowest BCUT2D eigenvalue weighted by atomic mass is 10.1. The Balaban J connectivity index is 1.71. The Hall–Kier alpha value is -2.06. The normalized spacial score (nSPS) is 18.0. The standard InChI is InChI=1S/C15H15F2N3O2S/c16-9-4-10(17)6-11(5-9)18-15-19-13(8-23-15)14(22)20-3-1-2-12(21)7-20/h4-6,8,12,21H,1-3,7H2,(H,18,19)/t12-/m0/s1. The average molecular weight is 339 g/mol. The van der Waals surface area contributed by atoms with Crippen molar-refractivity contribution in [3.63, 3.8) is 0 Å². The van der Waals surface area contributed by atoms with Crippen LogP contribution in [0.25, 0.3) is 0 Å². The highest BCUT2D eigenvalue weighted by Gasteiger charge is 2.24. The van der Waals surface area contributed by atoms with Crippen molar-refractivity contribution >= 4 is 28.1 Å². The maximum Gasteiger partial charge on any atom is 0.273 e. The van der Waals surface area contributed by atoms with Gasteiger partial charge in [0.25, 0.3) is 5.91 Å². The van der Waals surface area contributed by atoms with Crippen LogP contribution in [0.2, 0.25) is 0 Å². The number of halogens is 2. The summed E-state index contributed by atoms with van der Waals surface area (Å²) in [7, 11) is 0. The van der Waals surface area contributed by atoms with E-state index in [2.05, 4.69) is 10.3 Å². The van der Waals surface area contributed by atoms with Gasteiger partial charge < -0.3 is 15.3 Å². The molecule has 1 aromatic carbocycles. The second kappa shape index (κ2) is 6.59. The SMILES string of the molecule is O=C(c1csc(Nc2cc(F)cc(F)c2)n1)N1CCC[C@H](O)C1. The van der Waals surface area contributed by atoms with Crippen LogP contribution in [0.15, 0.2) is 23.6 Å². The summed E-state index contributed by atoms with van der Waals surface area (Å²) in [6, 6.07) is 3.07. The lowest BCUT2D eigenvalue weighted by Crippen LogP contribution is -2.42. The highest BCUT2D eigenvalue weighted by atomic mass is 32.1. The quantitative estimate of drug-likeness (QED) is 0.902. The van der Waals surface area contributed by atoms with E-state index in [0.29, 0.717) is 24.6 Å². The van der Waals surface area contributed by atoms with Crippen molar-refractivity contribution in [2.45, 2.75) is 18.9 Å². The zero-order chi connectivity index (χ0) is 16.4. The second-order valence-electron chi connectivity index (χ2n) is 5.37. The zero-order valence-electron chi connectivity index (χ0n) is 12.1. The van der Waals surface area contributed by atoms with Crippen LogP contribution in [0.4, 0.5) is 19.6 Å². The van der Waals surface area contributed by atoms with E-state index >= 15 is 0 Å². The minimum atomic E-state index is -0.692. The first-order chi connectivity index (χ1) is 11.0. The van der Waals surface area contributed by atoms with Crippen molar-refractivity contribution in [2.75, 3.05) is 18.4 Å². The van der Waals surface area contributed by atoms with Crippen LogP contribution in [0.1, 0.15) is 23.3 Å². The molecule has 1 aliphatic rings. The smallest absolute Gasteiger partial charge is 0.273 e. The van der Waals surface area contributed by atoms with E-state index in [1.165, 1.54) is 11.3 Å². The number of benzene rings is 1. The summed E-state index contributed by atoms with van der Waals surface area (Å²) < 4.78 is 26.3. The number of anilines is 2. The molecular formula is C15H15F2N3O2S. The van der Waals surface area contributed by atoms with Crippen LogP contribution in [-0.2, 0) is 0 Å². The third-order valence-electron chi connectivity index (χ3n) is 3.52. The van der Waals surface area contributed by atoms with Gasteiger partial charge in [-0.3, -0.25) is 4.79 Å². The number of hydrogen-bond acceptors (Lipinski definition) is 5. The van der Waals surface area contributed by atoms with Crippen molar-refractivity contribution in [3.8, 4) is 0 Å². The maximum absolute atomic E-state index is 13.2. The molecule has 8 heteroatoms. The second-order valence-corrected chi connectivity index (χ2v) is 6.23. The summed E-state index contributed by atoms with van der Waals surface area (Å²) in [6.07, 6.45) is 0.947. The summed E-state index contributed by atoms with van der Waals surface area (Å²) in [5.74, 6) is -1.64. The lowest BCUT2D eigenvalue weighted by Gasteiger charge is -2.29. The number of hydrogen-bond donors (Lipinski definition) is 2. The van der Waals surface area contributed by atoms with Crippen LogP contribution in [0.5, 0.6) is 0 Å². The maximum atomic E-state index is 13.2. The Kier molecular flexibility index (Phi) is 4.53. The van der Waals surface area contributed by atoms with Gasteiger partial charge in [0.1, 0.15) is 17.3 Å². The fourth-order valence-corrected chi connectivity index (χ4v) is 3.18. The molecule has 1 atom stereocenters. The van der Waals surface area contributed by atoms with E-state index in [1.807, 2.05) is 0 Å². The summed E-state index contributed by atoms with van der Waals surface area (Å²) in [5, 5.41) is 14.4. The molecule has 1 amide bonds. The number of aliphatic hydroxyl groups excluding tert-OH is 1. The molecule has 0 aliphatic carbocycles. The van der Waals surface area contributed by atoms with Crippen LogP contribution in [0.3, 0.4) is 0 Å². The van der Waals surface area contributed by atoms with Crippen molar-refractivity contribution in [3.05, 3.63) is 40.9 Å². The Labute approximate surface area is 135 Å². The van der Waals surface area contributed by atoms with Gasteiger partial charge in [0.15, 0.2) is 5.13 Å². The minimum Gasteiger partial charge on any atom is -0.391 e. The number of rotatable bonds is 3. The molecule has 1 aliphatic heterocycles. The van der Waals surface area contributed by atoms with E-state index < -0.39 is 17.7 Å². The first kappa shape index (κ1) is 15.8. The first-order valence-electron chi connectivity index (χ1n) is 7.17. The molecule has 3 rings (SSSR count). The number of piperidine rings is 1. The number of amides is 1. The van der Waals surface area contributed by atoms with Gasteiger partial charge in [-0.1, -0.05) is 0 Å². The van der Waals surface area contributed by atoms with Gasteiger partial charge in [-0.05, 0) is 25.0 Å². The van der Waals surface area contributed by atoms with Gasteiger partial charge in [-0.2, -0.15) is 0 Å². The predicted octanol–water partition coefficient (Wildman–Crippen LogP) is 2.76. The minimum absolute atomic E-state index is 0.226. The van der Waals surface area contributed by atoms with Gasteiger partial charge in [0, 0.05) is 30.2 Å². The van der Waals surface area contributed by atoms with Gasteiger partial charge in [0.2, 0.25) is 0 Å². The van der Waals surface area contributed by atoms with Crippen LogP contribution in [-0.4, -0.2) is 40.1 Å². The molecule has 0 bridgehead atoms. The molecule has 1 saturated heterocycles. The fraction of sp³-hybridized carbons (Fsp3) is 0.333. The molecule has 2 aromatic rings. The molecule has 23 heavy (non-hydrogen) atoms. The molecule has 1 fully saturated rings. The third kappa shape index (κ3) is 3.83. The Bertz CT molecular complexity index is 702. The molecule has 2 N–H and O–H groups in total. The largest absolute Gasteiger partial charge is 0.391 e. The number of carbonyl (C=O) groups is 1. The number of nitrogens with one attached hydrogen (secondary N) is 1. The summed E-state index contributed by atoms with van der Waals surface area (Å²) in [4.78, 5) is 18.0. The zero-order valence-corrected chi connectivity index (χ0v) is 12.9. The van der Waals surface area contributed by atoms with E-state index in [9.17, 15) is 18.7 Å². The van der Waals surface area contributed by atoms with E-state index in [0.717, 1.165) is 24.6 Å². The average Bonchev–Trinajstić information content (AvgIpc) is 2.94. The number of likely N-dealkylation sites (tertiary alicyclic amines) is 1. The lowest BCUT2D eigenvalue weighted by molar-refractivity contribution is 0.0469. The third-order valence-corrected chi connectivity index (χ3v) is 4.28. The summed E-state index contributed by atoms with van der Waals surface area (Å²) >= 11 is 1.17. The number of thiazole rings is 1. The summed E-state index contributed by atoms with van der Waals surface area (Å²) in [5.41, 5.74) is 0.479. The van der Waals surface area contributed by atoms with Crippen LogP contribution >= 0.6 is 11.3 Å². The number of β-amino-alcohol motifs (C(OH)–C–C–N with tert-alkyl or cyclic N) is 1. The topological polar surface area (TPSA) is 65.5 Å². The van der Waals surface area contributed by atoms with Crippen LogP contribution in [0, 0.1) is 11.6 Å². The molecular weight excluding hydrogens is 324 g/mol. The molecule has 5 nitrogen and oxygen atoms in total. The predicted molar refractivity (Wildman–Crippen MR) is 82.9 cm³/mol. The van der Waals surface area contributed by atoms with Gasteiger partial charge in [0.05, 0.1) is 6.10 Å². The fourth-order valence-electron chi connectivity index (χ4n) is 2.48. The Morgan fingerprint density at radius 3 is 2.78 bits per heavy atom. The Morgan fingerprint density at radius 2 is 2.09 bits per heavy atom. The highest BCUT2D eigenvalue weighted by molar-refractivity contribution is 7.14. The van der Waals surface area contributed by atoms with Crippen molar-refractivity contribution in [1.29, 1.82) is 0 Å². The first-order valence-corrected chi connectivity index (χ1v) is 8.05. The summed E-state index contributed by atoms with van der Waals surface area (Å²) in [6.45, 7) is 0.888. The van der Waals surface area contributed by atoms with E-state index in [4.69, 9.17) is 0 Å². The highest BCUT2D eigenvalue weighted by Crippen LogP contribution is 2.23. The number of carbonyl (C=O) groups excluding carboxylic acids is 1. The number of aliphatic hydroxyl groups is 1. The molecule has 0 radical (unpaired) electrons. The van der Waals surface area contributed by atoms with Gasteiger partial charge in [-0.15, -0.1) is 11.3 Å². The van der Waals surface area contributed by atoms with Crippen molar-refractivity contribution in [1.82, 2.24) is 9.88 Å². The van der Waals surface area contributed by atoms with E-state index in [-0.39, 0.29) is 17.3 Å². The van der Waals surface area contributed by atoms with Crippen LogP contribution < -0.4 is 5.32 Å². The number of aromatic nitrogens is 1. The van der Waals surface area contributed by atoms with Gasteiger partial charge in [-0.25, -0.2) is 13.8 Å². The molecule has 0 spiro atoms. The molecule has 2 heterocycles. The molecule has 0 unspecified atom stereocenters. The van der Waals surface area contributed by atoms with Gasteiger partial charge >= 0.3 is 0 Å². The molecule has 122 valence electrons. The Morgan fingerprint density at radius 1 is 1.35 bits per heavy atom. The van der Waals surface area contributed by atoms with Crippen molar-refractivity contribution < 1.29 is 18.7 Å². The monoisotopic (exact) mass is 339 g/mol.